The fourth-order valence-electron chi connectivity index (χ4n) is 2.04. The molecule has 17 heavy (non-hydrogen) atoms. The first-order valence-electron chi connectivity index (χ1n) is 5.98. The molecule has 0 atom stereocenters. The maximum Gasteiger partial charge on any atom is 0.404 e. The summed E-state index contributed by atoms with van der Waals surface area (Å²) in [6.45, 7) is 1.05. The third kappa shape index (κ3) is 3.18. The van der Waals surface area contributed by atoms with Gasteiger partial charge in [0.15, 0.2) is 0 Å². The van der Waals surface area contributed by atoms with Gasteiger partial charge in [0, 0.05) is 25.2 Å². The molecule has 0 bridgehead atoms. The molecule has 2 N–H and O–H groups in total. The average molecular weight is 239 g/mol. The predicted octanol–water partition coefficient (Wildman–Crippen LogP) is 1.03. The second-order valence-corrected chi connectivity index (χ2v) is 4.60. The minimum absolute atomic E-state index is 0.0437. The van der Waals surface area contributed by atoms with Crippen LogP contribution in [-0.2, 0) is 4.79 Å². The lowest BCUT2D eigenvalue weighted by molar-refractivity contribution is -0.129. The van der Waals surface area contributed by atoms with Crippen LogP contribution in [0.4, 0.5) is 4.79 Å². The lowest BCUT2D eigenvalue weighted by Crippen LogP contribution is -2.30. The molecule has 94 valence electrons. The van der Waals surface area contributed by atoms with Gasteiger partial charge in [-0.05, 0) is 18.8 Å². The zero-order valence-electron chi connectivity index (χ0n) is 9.69. The Morgan fingerprint density at radius 3 is 2.88 bits per heavy atom. The van der Waals surface area contributed by atoms with E-state index >= 15 is 0 Å². The number of hydrogen-bond donors (Lipinski definition) is 2. The molecule has 2 amide bonds. The second kappa shape index (κ2) is 5.16. The van der Waals surface area contributed by atoms with Gasteiger partial charge >= 0.3 is 6.09 Å². The first-order valence-corrected chi connectivity index (χ1v) is 5.98. The number of hydrazone groups is 1. The van der Waals surface area contributed by atoms with Crippen LogP contribution in [0.2, 0.25) is 0 Å². The molecule has 1 aliphatic heterocycles. The van der Waals surface area contributed by atoms with E-state index in [1.807, 2.05) is 0 Å². The van der Waals surface area contributed by atoms with Crippen molar-refractivity contribution in [3.8, 4) is 0 Å². The van der Waals surface area contributed by atoms with Crippen molar-refractivity contribution in [3.05, 3.63) is 0 Å². The number of nitrogens with one attached hydrogen (secondary N) is 1. The zero-order chi connectivity index (χ0) is 12.3. The highest BCUT2D eigenvalue weighted by Crippen LogP contribution is 2.28. The maximum absolute atomic E-state index is 11.6. The molecule has 6 nitrogen and oxygen atoms in total. The normalized spacial score (nSPS) is 20.1. The number of carboxylic acid groups (broad SMARTS) is 1. The van der Waals surface area contributed by atoms with E-state index in [2.05, 4.69) is 10.4 Å². The number of rotatable bonds is 5. The van der Waals surface area contributed by atoms with Crippen molar-refractivity contribution in [1.82, 2.24) is 10.3 Å². The second-order valence-electron chi connectivity index (χ2n) is 4.60. The van der Waals surface area contributed by atoms with Crippen LogP contribution in [-0.4, -0.2) is 40.9 Å². The molecule has 6 heteroatoms. The number of nitrogens with zero attached hydrogens (tertiary/aromatic N) is 2. The van der Waals surface area contributed by atoms with Gasteiger partial charge in [0.1, 0.15) is 0 Å². The summed E-state index contributed by atoms with van der Waals surface area (Å²) in [6.07, 6.45) is 3.45. The lowest BCUT2D eigenvalue weighted by atomic mass is 9.85. The van der Waals surface area contributed by atoms with E-state index in [1.54, 1.807) is 5.01 Å². The average Bonchev–Trinajstić information content (AvgIpc) is 2.52. The van der Waals surface area contributed by atoms with E-state index in [9.17, 15) is 9.59 Å². The Bertz CT molecular complexity index is 350. The quantitative estimate of drug-likeness (QED) is 0.751. The molecule has 1 saturated carbocycles. The molecule has 2 aliphatic rings. The van der Waals surface area contributed by atoms with Gasteiger partial charge in [-0.25, -0.2) is 9.80 Å². The van der Waals surface area contributed by atoms with E-state index in [0.717, 1.165) is 12.3 Å². The number of carbonyl (C=O) groups excluding carboxylic acids is 1. The molecular weight excluding hydrogens is 222 g/mol. The Hall–Kier alpha value is -1.59. The summed E-state index contributed by atoms with van der Waals surface area (Å²) in [6, 6.07) is 0. The Balaban J connectivity index is 1.76. The standard InChI is InChI=1S/C11H17N3O3/c15-10-6-9(4-5-12-11(16)17)13-14(10)7-8-2-1-3-8/h8,12H,1-7H2,(H,16,17). The third-order valence-corrected chi connectivity index (χ3v) is 3.25. The third-order valence-electron chi connectivity index (χ3n) is 3.25. The first kappa shape index (κ1) is 11.9. The van der Waals surface area contributed by atoms with Crippen LogP contribution in [0.1, 0.15) is 32.1 Å². The lowest BCUT2D eigenvalue weighted by Gasteiger charge is -2.27. The van der Waals surface area contributed by atoms with Crippen LogP contribution in [0.3, 0.4) is 0 Å². The van der Waals surface area contributed by atoms with Crippen molar-refractivity contribution in [2.45, 2.75) is 32.1 Å². The molecule has 1 aliphatic carbocycles. The molecule has 0 saturated heterocycles. The zero-order valence-corrected chi connectivity index (χ0v) is 9.69. The molecule has 0 aromatic carbocycles. The van der Waals surface area contributed by atoms with E-state index < -0.39 is 6.09 Å². The molecule has 0 unspecified atom stereocenters. The van der Waals surface area contributed by atoms with Crippen molar-refractivity contribution in [1.29, 1.82) is 0 Å². The topological polar surface area (TPSA) is 82.0 Å². The fourth-order valence-corrected chi connectivity index (χ4v) is 2.04. The molecule has 0 spiro atoms. The monoisotopic (exact) mass is 239 g/mol. The molecule has 2 rings (SSSR count). The van der Waals surface area contributed by atoms with Crippen molar-refractivity contribution in [3.63, 3.8) is 0 Å². The van der Waals surface area contributed by atoms with Gasteiger partial charge in [-0.3, -0.25) is 4.79 Å². The van der Waals surface area contributed by atoms with Crippen LogP contribution in [0.15, 0.2) is 5.10 Å². The van der Waals surface area contributed by atoms with Gasteiger partial charge < -0.3 is 10.4 Å². The minimum Gasteiger partial charge on any atom is -0.465 e. The first-order chi connectivity index (χ1) is 8.15. The summed E-state index contributed by atoms with van der Waals surface area (Å²) in [4.78, 5) is 21.9. The van der Waals surface area contributed by atoms with E-state index in [4.69, 9.17) is 5.11 Å². The van der Waals surface area contributed by atoms with Crippen LogP contribution in [0.5, 0.6) is 0 Å². The smallest absolute Gasteiger partial charge is 0.404 e. The van der Waals surface area contributed by atoms with Crippen LogP contribution in [0.25, 0.3) is 0 Å². The minimum atomic E-state index is -1.04. The predicted molar refractivity (Wildman–Crippen MR) is 61.8 cm³/mol. The Morgan fingerprint density at radius 1 is 1.53 bits per heavy atom. The van der Waals surface area contributed by atoms with Crippen molar-refractivity contribution >= 4 is 17.7 Å². The molecule has 0 aromatic rings. The summed E-state index contributed by atoms with van der Waals surface area (Å²) in [5, 5.41) is 16.5. The molecule has 0 radical (unpaired) electrons. The van der Waals surface area contributed by atoms with Gasteiger partial charge in [-0.1, -0.05) is 6.42 Å². The largest absolute Gasteiger partial charge is 0.465 e. The Morgan fingerprint density at radius 2 is 2.29 bits per heavy atom. The highest BCUT2D eigenvalue weighted by Gasteiger charge is 2.28. The highest BCUT2D eigenvalue weighted by molar-refractivity contribution is 6.05. The van der Waals surface area contributed by atoms with Gasteiger partial charge in [-0.15, -0.1) is 0 Å². The van der Waals surface area contributed by atoms with Crippen molar-refractivity contribution in [2.75, 3.05) is 13.1 Å². The molecule has 1 fully saturated rings. The van der Waals surface area contributed by atoms with Crippen LogP contribution < -0.4 is 5.32 Å². The van der Waals surface area contributed by atoms with Gasteiger partial charge in [0.2, 0.25) is 5.91 Å². The number of amides is 2. The van der Waals surface area contributed by atoms with E-state index in [1.165, 1.54) is 19.3 Å². The highest BCUT2D eigenvalue weighted by atomic mass is 16.4. The number of carbonyl (C=O) groups is 2. The SMILES string of the molecule is O=C(O)NCCC1=NN(CC2CCC2)C(=O)C1. The van der Waals surface area contributed by atoms with Crippen LogP contribution in [0, 0.1) is 5.92 Å². The van der Waals surface area contributed by atoms with Gasteiger partial charge in [-0.2, -0.15) is 5.10 Å². The summed E-state index contributed by atoms with van der Waals surface area (Å²) >= 11 is 0. The van der Waals surface area contributed by atoms with Crippen LogP contribution >= 0.6 is 0 Å². The Labute approximate surface area is 99.7 Å². The van der Waals surface area contributed by atoms with Gasteiger partial charge in [0.25, 0.3) is 0 Å². The van der Waals surface area contributed by atoms with Gasteiger partial charge in [0.05, 0.1) is 6.42 Å². The summed E-state index contributed by atoms with van der Waals surface area (Å²) < 4.78 is 0. The summed E-state index contributed by atoms with van der Waals surface area (Å²) in [5.74, 6) is 0.654. The van der Waals surface area contributed by atoms with E-state index in [-0.39, 0.29) is 5.91 Å². The Kier molecular flexibility index (Phi) is 3.61. The molecule has 0 aromatic heterocycles. The fraction of sp³-hybridized carbons (Fsp3) is 0.727. The maximum atomic E-state index is 11.6. The number of hydrogen-bond acceptors (Lipinski definition) is 3. The molecule has 1 heterocycles. The summed E-state index contributed by atoms with van der Waals surface area (Å²) in [5.41, 5.74) is 0.781. The van der Waals surface area contributed by atoms with Crippen molar-refractivity contribution in [2.24, 2.45) is 11.0 Å². The van der Waals surface area contributed by atoms with E-state index in [0.29, 0.717) is 25.3 Å². The van der Waals surface area contributed by atoms with Crippen molar-refractivity contribution < 1.29 is 14.7 Å². The summed E-state index contributed by atoms with van der Waals surface area (Å²) in [7, 11) is 0. The molecular formula is C11H17N3O3.